The van der Waals surface area contributed by atoms with Crippen LogP contribution in [0.25, 0.3) is 0 Å². The number of aliphatic hydroxyl groups is 1. The second-order valence-corrected chi connectivity index (χ2v) is 4.68. The molecule has 0 fully saturated rings. The predicted octanol–water partition coefficient (Wildman–Crippen LogP) is 3.66. The second-order valence-electron chi connectivity index (χ2n) is 2.97. The standard InChI is InChI=1S/C11H12Br2O2/c1-2-3-4-15-11-9(12)5-8(7-14)6-10(11)13/h2,5-6,14H,1,3-4,7H2. The summed E-state index contributed by atoms with van der Waals surface area (Å²) in [6, 6.07) is 3.68. The van der Waals surface area contributed by atoms with Crippen molar-refractivity contribution in [2.45, 2.75) is 13.0 Å². The van der Waals surface area contributed by atoms with Crippen molar-refractivity contribution in [3.8, 4) is 5.75 Å². The third-order valence-corrected chi connectivity index (χ3v) is 2.99. The Morgan fingerprint density at radius 1 is 1.33 bits per heavy atom. The first-order valence-electron chi connectivity index (χ1n) is 4.51. The lowest BCUT2D eigenvalue weighted by molar-refractivity contribution is 0.281. The normalized spacial score (nSPS) is 10.1. The molecule has 15 heavy (non-hydrogen) atoms. The van der Waals surface area contributed by atoms with Crippen LogP contribution in [0, 0.1) is 0 Å². The number of halogens is 2. The molecule has 0 aliphatic rings. The van der Waals surface area contributed by atoms with Crippen molar-refractivity contribution in [3.05, 3.63) is 39.3 Å². The molecular formula is C11H12Br2O2. The summed E-state index contributed by atoms with van der Waals surface area (Å²) in [5.41, 5.74) is 0.838. The Bertz CT molecular complexity index is 327. The first-order valence-corrected chi connectivity index (χ1v) is 6.10. The highest BCUT2D eigenvalue weighted by Crippen LogP contribution is 2.34. The Balaban J connectivity index is 2.83. The Labute approximate surface area is 106 Å². The smallest absolute Gasteiger partial charge is 0.147 e. The van der Waals surface area contributed by atoms with Gasteiger partial charge in [0.1, 0.15) is 5.75 Å². The Kier molecular flexibility index (Phi) is 5.36. The monoisotopic (exact) mass is 334 g/mol. The quantitative estimate of drug-likeness (QED) is 0.657. The van der Waals surface area contributed by atoms with Gasteiger partial charge in [0.15, 0.2) is 0 Å². The van der Waals surface area contributed by atoms with Gasteiger partial charge in [-0.15, -0.1) is 6.58 Å². The molecule has 0 amide bonds. The molecule has 1 N–H and O–H groups in total. The molecule has 2 nitrogen and oxygen atoms in total. The van der Waals surface area contributed by atoms with Gasteiger partial charge < -0.3 is 9.84 Å². The van der Waals surface area contributed by atoms with E-state index in [1.54, 1.807) is 0 Å². The molecule has 1 rings (SSSR count). The predicted molar refractivity (Wildman–Crippen MR) is 68.1 cm³/mol. The Morgan fingerprint density at radius 2 is 1.93 bits per heavy atom. The fourth-order valence-electron chi connectivity index (χ4n) is 1.09. The van der Waals surface area contributed by atoms with Crippen LogP contribution in [0.3, 0.4) is 0 Å². The van der Waals surface area contributed by atoms with Gasteiger partial charge >= 0.3 is 0 Å². The molecule has 0 bridgehead atoms. The first kappa shape index (κ1) is 12.7. The Morgan fingerprint density at radius 3 is 2.40 bits per heavy atom. The maximum Gasteiger partial charge on any atom is 0.147 e. The van der Waals surface area contributed by atoms with Gasteiger partial charge in [0.2, 0.25) is 0 Å². The van der Waals surface area contributed by atoms with E-state index in [4.69, 9.17) is 9.84 Å². The fraction of sp³-hybridized carbons (Fsp3) is 0.273. The van der Waals surface area contributed by atoms with Gasteiger partial charge in [0, 0.05) is 0 Å². The number of benzene rings is 1. The molecule has 0 unspecified atom stereocenters. The van der Waals surface area contributed by atoms with Crippen LogP contribution < -0.4 is 4.74 Å². The highest BCUT2D eigenvalue weighted by molar-refractivity contribution is 9.11. The van der Waals surface area contributed by atoms with Crippen molar-refractivity contribution in [1.82, 2.24) is 0 Å². The van der Waals surface area contributed by atoms with E-state index >= 15 is 0 Å². The summed E-state index contributed by atoms with van der Waals surface area (Å²) in [4.78, 5) is 0. The van der Waals surface area contributed by atoms with Gasteiger partial charge in [-0.2, -0.15) is 0 Å². The van der Waals surface area contributed by atoms with E-state index in [9.17, 15) is 0 Å². The molecule has 0 atom stereocenters. The summed E-state index contributed by atoms with van der Waals surface area (Å²) in [5.74, 6) is 0.758. The van der Waals surface area contributed by atoms with Crippen LogP contribution in [0.2, 0.25) is 0 Å². The van der Waals surface area contributed by atoms with E-state index in [2.05, 4.69) is 38.4 Å². The summed E-state index contributed by atoms with van der Waals surface area (Å²) in [5, 5.41) is 9.00. The first-order chi connectivity index (χ1) is 7.19. The maximum atomic E-state index is 9.00. The van der Waals surface area contributed by atoms with Crippen LogP contribution in [0.15, 0.2) is 33.7 Å². The largest absolute Gasteiger partial charge is 0.491 e. The molecule has 0 aliphatic carbocycles. The van der Waals surface area contributed by atoms with Crippen molar-refractivity contribution in [1.29, 1.82) is 0 Å². The van der Waals surface area contributed by atoms with E-state index in [0.29, 0.717) is 6.61 Å². The minimum Gasteiger partial charge on any atom is -0.491 e. The lowest BCUT2D eigenvalue weighted by atomic mass is 10.2. The maximum absolute atomic E-state index is 9.00. The number of aliphatic hydroxyl groups excluding tert-OH is 1. The highest BCUT2D eigenvalue weighted by atomic mass is 79.9. The van der Waals surface area contributed by atoms with Crippen LogP contribution in [-0.2, 0) is 6.61 Å². The number of hydrogen-bond donors (Lipinski definition) is 1. The molecule has 0 saturated carbocycles. The number of rotatable bonds is 5. The zero-order valence-corrected chi connectivity index (χ0v) is 11.3. The highest BCUT2D eigenvalue weighted by Gasteiger charge is 2.08. The van der Waals surface area contributed by atoms with Crippen LogP contribution >= 0.6 is 31.9 Å². The van der Waals surface area contributed by atoms with Crippen LogP contribution in [0.5, 0.6) is 5.75 Å². The van der Waals surface area contributed by atoms with Crippen LogP contribution in [-0.4, -0.2) is 11.7 Å². The summed E-state index contributed by atoms with van der Waals surface area (Å²) in [7, 11) is 0. The minimum atomic E-state index is 0.0180. The van der Waals surface area contributed by atoms with Crippen molar-refractivity contribution < 1.29 is 9.84 Å². The van der Waals surface area contributed by atoms with Gasteiger partial charge in [-0.3, -0.25) is 0 Å². The van der Waals surface area contributed by atoms with Gasteiger partial charge in [0.25, 0.3) is 0 Å². The molecule has 82 valence electrons. The number of hydrogen-bond acceptors (Lipinski definition) is 2. The Hall–Kier alpha value is -0.320. The van der Waals surface area contributed by atoms with E-state index in [0.717, 1.165) is 26.7 Å². The summed E-state index contributed by atoms with van der Waals surface area (Å²) in [6.45, 7) is 4.24. The van der Waals surface area contributed by atoms with E-state index in [-0.39, 0.29) is 6.61 Å². The third-order valence-electron chi connectivity index (χ3n) is 1.81. The van der Waals surface area contributed by atoms with Crippen LogP contribution in [0.4, 0.5) is 0 Å². The van der Waals surface area contributed by atoms with Crippen LogP contribution in [0.1, 0.15) is 12.0 Å². The molecule has 0 aliphatic heterocycles. The van der Waals surface area contributed by atoms with Crippen molar-refractivity contribution in [2.24, 2.45) is 0 Å². The summed E-state index contributed by atoms with van der Waals surface area (Å²) >= 11 is 6.80. The number of ether oxygens (including phenoxy) is 1. The molecule has 1 aromatic carbocycles. The molecule has 0 aromatic heterocycles. The molecule has 0 saturated heterocycles. The lowest BCUT2D eigenvalue weighted by Crippen LogP contribution is -1.98. The molecule has 0 heterocycles. The molecule has 0 radical (unpaired) electrons. The van der Waals surface area contributed by atoms with Crippen molar-refractivity contribution in [2.75, 3.05) is 6.61 Å². The fourth-order valence-corrected chi connectivity index (χ4v) is 2.60. The third kappa shape index (κ3) is 3.63. The van der Waals surface area contributed by atoms with Gasteiger partial charge in [-0.25, -0.2) is 0 Å². The lowest BCUT2D eigenvalue weighted by Gasteiger charge is -2.10. The molecular weight excluding hydrogens is 324 g/mol. The minimum absolute atomic E-state index is 0.0180. The van der Waals surface area contributed by atoms with Crippen molar-refractivity contribution >= 4 is 31.9 Å². The topological polar surface area (TPSA) is 29.5 Å². The summed E-state index contributed by atoms with van der Waals surface area (Å²) in [6.07, 6.45) is 2.62. The second kappa shape index (κ2) is 6.30. The average Bonchev–Trinajstić information content (AvgIpc) is 2.22. The SMILES string of the molecule is C=CCCOc1c(Br)cc(CO)cc1Br. The van der Waals surface area contributed by atoms with Gasteiger partial charge in [-0.1, -0.05) is 6.08 Å². The van der Waals surface area contributed by atoms with Crippen molar-refractivity contribution in [3.63, 3.8) is 0 Å². The van der Waals surface area contributed by atoms with E-state index < -0.39 is 0 Å². The average molecular weight is 336 g/mol. The molecule has 4 heteroatoms. The zero-order chi connectivity index (χ0) is 11.3. The van der Waals surface area contributed by atoms with E-state index in [1.165, 1.54) is 0 Å². The zero-order valence-electron chi connectivity index (χ0n) is 8.17. The summed E-state index contributed by atoms with van der Waals surface area (Å²) < 4.78 is 7.24. The van der Waals surface area contributed by atoms with E-state index in [1.807, 2.05) is 18.2 Å². The van der Waals surface area contributed by atoms with Gasteiger partial charge in [0.05, 0.1) is 22.2 Å². The molecule has 0 spiro atoms. The van der Waals surface area contributed by atoms with Gasteiger partial charge in [-0.05, 0) is 56.0 Å². The molecule has 1 aromatic rings.